The zero-order chi connectivity index (χ0) is 19.1. The average Bonchev–Trinajstić information content (AvgIpc) is 2.60. The van der Waals surface area contributed by atoms with Crippen molar-refractivity contribution in [3.05, 3.63) is 52.5 Å². The number of amides is 2. The minimum absolute atomic E-state index is 0.150. The summed E-state index contributed by atoms with van der Waals surface area (Å²) in [6.07, 6.45) is 0.393. The van der Waals surface area contributed by atoms with Gasteiger partial charge in [-0.2, -0.15) is 0 Å². The monoisotopic (exact) mass is 375 g/mol. The quantitative estimate of drug-likeness (QED) is 0.648. The van der Waals surface area contributed by atoms with Gasteiger partial charge in [-0.15, -0.1) is 0 Å². The number of hydrogen-bond donors (Lipinski definition) is 3. The second-order valence-corrected chi connectivity index (χ2v) is 6.28. The highest BCUT2D eigenvalue weighted by Crippen LogP contribution is 2.30. The molecule has 0 saturated heterocycles. The topological polar surface area (TPSA) is 93.5 Å². The first kappa shape index (κ1) is 19.6. The number of nitrogens with one attached hydrogen (secondary N) is 2. The zero-order valence-corrected chi connectivity index (χ0v) is 15.5. The van der Waals surface area contributed by atoms with Crippen molar-refractivity contribution in [2.24, 2.45) is 0 Å². The van der Waals surface area contributed by atoms with Crippen molar-refractivity contribution >= 4 is 34.8 Å². The first-order chi connectivity index (χ1) is 12.4. The molecule has 2 rings (SSSR count). The molecule has 0 bridgehead atoms. The molecular weight excluding hydrogens is 354 g/mol. The van der Waals surface area contributed by atoms with Crippen LogP contribution in [0.3, 0.4) is 0 Å². The molecule has 2 aromatic rings. The first-order valence-corrected chi connectivity index (χ1v) is 8.52. The van der Waals surface area contributed by atoms with Crippen molar-refractivity contribution in [1.29, 1.82) is 0 Å². The predicted octanol–water partition coefficient (Wildman–Crippen LogP) is 2.93. The fraction of sp³-hybridized carbons (Fsp3) is 0.263. The summed E-state index contributed by atoms with van der Waals surface area (Å²) in [4.78, 5) is 24.0. The molecule has 0 fully saturated rings. The third-order valence-corrected chi connectivity index (χ3v) is 4.18. The van der Waals surface area contributed by atoms with Gasteiger partial charge in [0, 0.05) is 29.7 Å². The Kier molecular flexibility index (Phi) is 6.86. The van der Waals surface area contributed by atoms with E-state index in [0.29, 0.717) is 22.1 Å². The smallest absolute Gasteiger partial charge is 0.226 e. The zero-order valence-electron chi connectivity index (χ0n) is 14.8. The van der Waals surface area contributed by atoms with Gasteiger partial charge < -0.3 is 21.1 Å². The van der Waals surface area contributed by atoms with Crippen molar-refractivity contribution in [2.45, 2.75) is 19.8 Å². The van der Waals surface area contributed by atoms with Crippen molar-refractivity contribution in [3.63, 3.8) is 0 Å². The fourth-order valence-electron chi connectivity index (χ4n) is 2.34. The molecule has 26 heavy (non-hydrogen) atoms. The molecule has 0 unspecified atom stereocenters. The molecule has 0 aliphatic rings. The van der Waals surface area contributed by atoms with Gasteiger partial charge in [-0.25, -0.2) is 0 Å². The van der Waals surface area contributed by atoms with Crippen LogP contribution in [0.2, 0.25) is 5.02 Å². The first-order valence-electron chi connectivity index (χ1n) is 8.14. The van der Waals surface area contributed by atoms with E-state index in [9.17, 15) is 9.59 Å². The van der Waals surface area contributed by atoms with Gasteiger partial charge >= 0.3 is 0 Å². The highest BCUT2D eigenvalue weighted by Gasteiger charge is 2.11. The van der Waals surface area contributed by atoms with Crippen molar-refractivity contribution in [3.8, 4) is 5.75 Å². The van der Waals surface area contributed by atoms with Crippen LogP contribution in [0.25, 0.3) is 0 Å². The van der Waals surface area contributed by atoms with Gasteiger partial charge in [-0.05, 0) is 36.2 Å². The number of carbonyl (C=O) groups excluding carboxylic acids is 2. The molecule has 6 nitrogen and oxygen atoms in total. The summed E-state index contributed by atoms with van der Waals surface area (Å²) < 4.78 is 5.22. The van der Waals surface area contributed by atoms with Crippen LogP contribution in [0.15, 0.2) is 36.4 Å². The Balaban J connectivity index is 1.81. The maximum Gasteiger partial charge on any atom is 0.226 e. The Morgan fingerprint density at radius 2 is 1.85 bits per heavy atom. The molecule has 0 aromatic heterocycles. The molecule has 0 heterocycles. The molecule has 0 spiro atoms. The Morgan fingerprint density at radius 3 is 2.50 bits per heavy atom. The average molecular weight is 376 g/mol. The van der Waals surface area contributed by atoms with E-state index in [4.69, 9.17) is 22.1 Å². The summed E-state index contributed by atoms with van der Waals surface area (Å²) in [6.45, 7) is 2.09. The molecule has 2 aromatic carbocycles. The number of aryl methyl sites for hydroxylation is 1. The predicted molar refractivity (Wildman–Crippen MR) is 104 cm³/mol. The SMILES string of the molecule is COc1cc(Cl)c(C)cc1NC(=O)CCNC(=O)Cc1ccc(N)cc1. The van der Waals surface area contributed by atoms with Gasteiger partial charge in [0.25, 0.3) is 0 Å². The number of nitrogens with two attached hydrogens (primary N) is 1. The third-order valence-electron chi connectivity index (χ3n) is 3.77. The highest BCUT2D eigenvalue weighted by atomic mass is 35.5. The van der Waals surface area contributed by atoms with Gasteiger partial charge in [0.15, 0.2) is 0 Å². The van der Waals surface area contributed by atoms with Crippen LogP contribution in [0.5, 0.6) is 5.75 Å². The van der Waals surface area contributed by atoms with E-state index in [-0.39, 0.29) is 31.2 Å². The lowest BCUT2D eigenvalue weighted by Crippen LogP contribution is -2.29. The van der Waals surface area contributed by atoms with Gasteiger partial charge in [-0.1, -0.05) is 23.7 Å². The van der Waals surface area contributed by atoms with Gasteiger partial charge in [-0.3, -0.25) is 9.59 Å². The molecule has 0 aliphatic carbocycles. The van der Waals surface area contributed by atoms with Gasteiger partial charge in [0.1, 0.15) is 5.75 Å². The normalized spacial score (nSPS) is 10.3. The van der Waals surface area contributed by atoms with Crippen LogP contribution < -0.4 is 21.1 Å². The summed E-state index contributed by atoms with van der Waals surface area (Å²) in [7, 11) is 1.51. The molecule has 0 atom stereocenters. The molecule has 7 heteroatoms. The van der Waals surface area contributed by atoms with Crippen LogP contribution in [-0.2, 0) is 16.0 Å². The Labute approximate surface area is 157 Å². The Morgan fingerprint density at radius 1 is 1.15 bits per heavy atom. The lowest BCUT2D eigenvalue weighted by atomic mass is 10.1. The van der Waals surface area contributed by atoms with E-state index < -0.39 is 0 Å². The largest absolute Gasteiger partial charge is 0.495 e. The second kappa shape index (κ2) is 9.10. The maximum absolute atomic E-state index is 12.1. The number of halogens is 1. The summed E-state index contributed by atoms with van der Waals surface area (Å²) >= 11 is 6.05. The van der Waals surface area contributed by atoms with E-state index in [1.807, 2.05) is 6.92 Å². The molecule has 2 amide bonds. The van der Waals surface area contributed by atoms with Crippen LogP contribution >= 0.6 is 11.6 Å². The molecule has 4 N–H and O–H groups in total. The van der Waals surface area contributed by atoms with Crippen molar-refractivity contribution in [1.82, 2.24) is 5.32 Å². The number of carbonyl (C=O) groups is 2. The molecule has 0 saturated carbocycles. The molecule has 0 aliphatic heterocycles. The van der Waals surface area contributed by atoms with Crippen LogP contribution in [0, 0.1) is 6.92 Å². The lowest BCUT2D eigenvalue weighted by molar-refractivity contribution is -0.120. The summed E-state index contributed by atoms with van der Waals surface area (Å²) in [5.74, 6) is 0.113. The van der Waals surface area contributed by atoms with Crippen molar-refractivity contribution < 1.29 is 14.3 Å². The number of nitrogen functional groups attached to an aromatic ring is 1. The number of benzene rings is 2. The van der Waals surface area contributed by atoms with Gasteiger partial charge in [0.2, 0.25) is 11.8 Å². The maximum atomic E-state index is 12.1. The van der Waals surface area contributed by atoms with Crippen LogP contribution in [0.4, 0.5) is 11.4 Å². The minimum Gasteiger partial charge on any atom is -0.495 e. The molecular formula is C19H22ClN3O3. The van der Waals surface area contributed by atoms with Crippen molar-refractivity contribution in [2.75, 3.05) is 24.7 Å². The Bertz CT molecular complexity index is 791. The number of ether oxygens (including phenoxy) is 1. The van der Waals surface area contributed by atoms with Crippen LogP contribution in [0.1, 0.15) is 17.5 Å². The summed E-state index contributed by atoms with van der Waals surface area (Å²) in [5.41, 5.74) is 8.51. The van der Waals surface area contributed by atoms with Crippen LogP contribution in [-0.4, -0.2) is 25.5 Å². The summed E-state index contributed by atoms with van der Waals surface area (Å²) in [5, 5.41) is 6.06. The van der Waals surface area contributed by atoms with E-state index in [1.54, 1.807) is 36.4 Å². The van der Waals surface area contributed by atoms with E-state index in [2.05, 4.69) is 10.6 Å². The summed E-state index contributed by atoms with van der Waals surface area (Å²) in [6, 6.07) is 10.5. The van der Waals surface area contributed by atoms with E-state index in [1.165, 1.54) is 7.11 Å². The Hall–Kier alpha value is -2.73. The number of hydrogen-bond acceptors (Lipinski definition) is 4. The standard InChI is InChI=1S/C19H22ClN3O3/c1-12-9-16(17(26-2)11-15(12)20)23-18(24)7-8-22-19(25)10-13-3-5-14(21)6-4-13/h3-6,9,11H,7-8,10,21H2,1-2H3,(H,22,25)(H,23,24). The molecule has 0 radical (unpaired) electrons. The fourth-order valence-corrected chi connectivity index (χ4v) is 2.50. The lowest BCUT2D eigenvalue weighted by Gasteiger charge is -2.12. The van der Waals surface area contributed by atoms with E-state index in [0.717, 1.165) is 11.1 Å². The second-order valence-electron chi connectivity index (χ2n) is 5.87. The number of anilines is 2. The third kappa shape index (κ3) is 5.67. The van der Waals surface area contributed by atoms with E-state index >= 15 is 0 Å². The minimum atomic E-state index is -0.224. The molecule has 138 valence electrons. The number of methoxy groups -OCH3 is 1. The highest BCUT2D eigenvalue weighted by molar-refractivity contribution is 6.31. The van der Waals surface area contributed by atoms with Gasteiger partial charge in [0.05, 0.1) is 19.2 Å². The number of rotatable bonds is 7.